The second-order valence-corrected chi connectivity index (χ2v) is 3.11. The molecule has 0 bridgehead atoms. The van der Waals surface area contributed by atoms with Gasteiger partial charge in [0.15, 0.2) is 0 Å². The Morgan fingerprint density at radius 2 is 2.23 bits per heavy atom. The van der Waals surface area contributed by atoms with Crippen molar-refractivity contribution in [3.05, 3.63) is 34.6 Å². The van der Waals surface area contributed by atoms with Gasteiger partial charge in [-0.15, -0.1) is 0 Å². The molecule has 0 heterocycles. The van der Waals surface area contributed by atoms with E-state index in [0.29, 0.717) is 5.56 Å². The zero-order chi connectivity index (χ0) is 9.84. The molecular weight excluding hydrogens is 195 g/mol. The molecule has 0 saturated heterocycles. The molecule has 13 heavy (non-hydrogen) atoms. The van der Waals surface area contributed by atoms with Crippen LogP contribution in [0.3, 0.4) is 0 Å². The molecule has 1 atom stereocenters. The summed E-state index contributed by atoms with van der Waals surface area (Å²) in [6.45, 7) is 0.125. The molecule has 1 aromatic carbocycles. The Morgan fingerprint density at radius 1 is 1.54 bits per heavy atom. The molecule has 1 rings (SSSR count). The Hall–Kier alpha value is -0.640. The first-order valence-corrected chi connectivity index (χ1v) is 4.14. The number of halogens is 2. The van der Waals surface area contributed by atoms with Gasteiger partial charge in [-0.2, -0.15) is 0 Å². The first-order chi connectivity index (χ1) is 6.13. The number of aliphatic hydroxyl groups excluding tert-OH is 1. The van der Waals surface area contributed by atoms with Crippen LogP contribution in [0.2, 0.25) is 5.02 Å². The van der Waals surface area contributed by atoms with E-state index in [9.17, 15) is 9.50 Å². The fraction of sp³-hybridized carbons (Fsp3) is 0.333. The Balaban J connectivity index is 2.87. The van der Waals surface area contributed by atoms with Gasteiger partial charge in [-0.3, -0.25) is 0 Å². The second-order valence-electron chi connectivity index (χ2n) is 2.67. The molecule has 1 aromatic rings. The van der Waals surface area contributed by atoms with E-state index in [-0.39, 0.29) is 11.6 Å². The maximum Gasteiger partial charge on any atom is 0.125 e. The van der Waals surface area contributed by atoms with Gasteiger partial charge in [0.25, 0.3) is 0 Å². The summed E-state index contributed by atoms with van der Waals surface area (Å²) < 4.78 is 17.5. The lowest BCUT2D eigenvalue weighted by molar-refractivity contribution is 0.0642. The van der Waals surface area contributed by atoms with E-state index < -0.39 is 11.9 Å². The maximum atomic E-state index is 12.8. The minimum absolute atomic E-state index is 0.125. The standard InChI is InChI=1S/C9H10ClFO2/c1-13-5-9(12)6-2-7(10)4-8(11)3-6/h2-4,9,12H,5H2,1H3. The van der Waals surface area contributed by atoms with Crippen molar-refractivity contribution in [3.63, 3.8) is 0 Å². The first kappa shape index (κ1) is 10.4. The van der Waals surface area contributed by atoms with Crippen LogP contribution < -0.4 is 0 Å². The molecule has 72 valence electrons. The second kappa shape index (κ2) is 4.56. The molecule has 0 saturated carbocycles. The van der Waals surface area contributed by atoms with E-state index in [0.717, 1.165) is 0 Å². The quantitative estimate of drug-likeness (QED) is 0.818. The SMILES string of the molecule is COCC(O)c1cc(F)cc(Cl)c1. The van der Waals surface area contributed by atoms with E-state index >= 15 is 0 Å². The Bertz CT molecular complexity index is 271. The van der Waals surface area contributed by atoms with Gasteiger partial charge in [0.05, 0.1) is 6.61 Å². The van der Waals surface area contributed by atoms with Crippen LogP contribution in [0, 0.1) is 5.82 Å². The molecule has 1 unspecified atom stereocenters. The Morgan fingerprint density at radius 3 is 2.77 bits per heavy atom. The first-order valence-electron chi connectivity index (χ1n) is 3.76. The van der Waals surface area contributed by atoms with Crippen molar-refractivity contribution >= 4 is 11.6 Å². The fourth-order valence-electron chi connectivity index (χ4n) is 1.02. The highest BCUT2D eigenvalue weighted by molar-refractivity contribution is 6.30. The average Bonchev–Trinajstić information content (AvgIpc) is 2.03. The molecule has 0 radical (unpaired) electrons. The summed E-state index contributed by atoms with van der Waals surface area (Å²) in [5, 5.41) is 9.69. The Kier molecular flexibility index (Phi) is 3.66. The third-order valence-electron chi connectivity index (χ3n) is 1.59. The van der Waals surface area contributed by atoms with Crippen molar-refractivity contribution in [1.82, 2.24) is 0 Å². The summed E-state index contributed by atoms with van der Waals surface area (Å²) in [5.41, 5.74) is 0.423. The lowest BCUT2D eigenvalue weighted by Gasteiger charge is -2.09. The predicted octanol–water partition coefficient (Wildman–Crippen LogP) is 2.16. The normalized spacial score (nSPS) is 12.9. The number of aliphatic hydroxyl groups is 1. The molecule has 0 aliphatic heterocycles. The van der Waals surface area contributed by atoms with Crippen LogP contribution in [0.25, 0.3) is 0 Å². The highest BCUT2D eigenvalue weighted by Gasteiger charge is 2.08. The topological polar surface area (TPSA) is 29.5 Å². The van der Waals surface area contributed by atoms with Gasteiger partial charge in [-0.25, -0.2) is 4.39 Å². The van der Waals surface area contributed by atoms with Gasteiger partial charge in [0.2, 0.25) is 0 Å². The molecule has 0 aliphatic rings. The van der Waals surface area contributed by atoms with Gasteiger partial charge in [0.1, 0.15) is 11.9 Å². The zero-order valence-electron chi connectivity index (χ0n) is 7.13. The summed E-state index contributed by atoms with van der Waals surface area (Å²) in [6, 6.07) is 3.93. The molecule has 2 nitrogen and oxygen atoms in total. The van der Waals surface area contributed by atoms with E-state index in [1.165, 1.54) is 25.3 Å². The van der Waals surface area contributed by atoms with Crippen LogP contribution >= 0.6 is 11.6 Å². The molecule has 0 amide bonds. The van der Waals surface area contributed by atoms with Gasteiger partial charge in [-0.05, 0) is 23.8 Å². The van der Waals surface area contributed by atoms with Crippen molar-refractivity contribution in [3.8, 4) is 0 Å². The molecule has 4 heteroatoms. The van der Waals surface area contributed by atoms with Crippen LogP contribution in [0.1, 0.15) is 11.7 Å². The van der Waals surface area contributed by atoms with Gasteiger partial charge in [0, 0.05) is 12.1 Å². The third-order valence-corrected chi connectivity index (χ3v) is 1.81. The predicted molar refractivity (Wildman–Crippen MR) is 48.2 cm³/mol. The smallest absolute Gasteiger partial charge is 0.125 e. The van der Waals surface area contributed by atoms with Crippen LogP contribution in [0.5, 0.6) is 0 Å². The van der Waals surface area contributed by atoms with Gasteiger partial charge < -0.3 is 9.84 Å². The van der Waals surface area contributed by atoms with E-state index in [2.05, 4.69) is 0 Å². The summed E-state index contributed by atoms with van der Waals surface area (Å²) >= 11 is 5.60. The van der Waals surface area contributed by atoms with Gasteiger partial charge in [-0.1, -0.05) is 11.6 Å². The number of methoxy groups -OCH3 is 1. The van der Waals surface area contributed by atoms with Crippen molar-refractivity contribution in [2.45, 2.75) is 6.10 Å². The third kappa shape index (κ3) is 2.95. The summed E-state index contributed by atoms with van der Waals surface area (Å²) in [6.07, 6.45) is -0.835. The average molecular weight is 205 g/mol. The highest BCUT2D eigenvalue weighted by atomic mass is 35.5. The number of hydrogen-bond donors (Lipinski definition) is 1. The number of rotatable bonds is 3. The van der Waals surface area contributed by atoms with Gasteiger partial charge >= 0.3 is 0 Å². The number of ether oxygens (including phenoxy) is 1. The minimum atomic E-state index is -0.835. The molecule has 0 aromatic heterocycles. The fourth-order valence-corrected chi connectivity index (χ4v) is 1.25. The van der Waals surface area contributed by atoms with Crippen LogP contribution in [0.15, 0.2) is 18.2 Å². The highest BCUT2D eigenvalue weighted by Crippen LogP contribution is 2.19. The molecule has 0 spiro atoms. The zero-order valence-corrected chi connectivity index (χ0v) is 7.88. The monoisotopic (exact) mass is 204 g/mol. The molecular formula is C9H10ClFO2. The molecule has 1 N–H and O–H groups in total. The minimum Gasteiger partial charge on any atom is -0.386 e. The van der Waals surface area contributed by atoms with E-state index in [4.69, 9.17) is 16.3 Å². The van der Waals surface area contributed by atoms with Crippen molar-refractivity contribution in [2.24, 2.45) is 0 Å². The number of hydrogen-bond acceptors (Lipinski definition) is 2. The number of benzene rings is 1. The van der Waals surface area contributed by atoms with Crippen LogP contribution in [0.4, 0.5) is 4.39 Å². The maximum absolute atomic E-state index is 12.8. The largest absolute Gasteiger partial charge is 0.386 e. The van der Waals surface area contributed by atoms with E-state index in [1.807, 2.05) is 0 Å². The molecule has 0 fully saturated rings. The summed E-state index contributed by atoms with van der Waals surface area (Å²) in [7, 11) is 1.46. The molecule has 0 aliphatic carbocycles. The van der Waals surface area contributed by atoms with Crippen LogP contribution in [-0.2, 0) is 4.74 Å². The van der Waals surface area contributed by atoms with Crippen molar-refractivity contribution in [1.29, 1.82) is 0 Å². The lowest BCUT2D eigenvalue weighted by Crippen LogP contribution is -2.05. The van der Waals surface area contributed by atoms with Crippen LogP contribution in [-0.4, -0.2) is 18.8 Å². The van der Waals surface area contributed by atoms with E-state index in [1.54, 1.807) is 0 Å². The lowest BCUT2D eigenvalue weighted by atomic mass is 10.1. The Labute approximate surface area is 80.9 Å². The summed E-state index contributed by atoms with van der Waals surface area (Å²) in [5.74, 6) is -0.461. The van der Waals surface area contributed by atoms with Crippen molar-refractivity contribution < 1.29 is 14.2 Å². The van der Waals surface area contributed by atoms with Crippen molar-refractivity contribution in [2.75, 3.05) is 13.7 Å². The summed E-state index contributed by atoms with van der Waals surface area (Å²) in [4.78, 5) is 0.